The molecule has 1 aliphatic carbocycles. The molecule has 2 heterocycles. The largest absolute Gasteiger partial charge is 0.462 e. The lowest BCUT2D eigenvalue weighted by Gasteiger charge is -2.30. The van der Waals surface area contributed by atoms with Gasteiger partial charge in [0, 0.05) is 47.1 Å². The Labute approximate surface area is 217 Å². The first-order valence-corrected chi connectivity index (χ1v) is 12.6. The fraction of sp³-hybridized carbons (Fsp3) is 0.704. The first-order valence-electron chi connectivity index (χ1n) is 12.6. The van der Waals surface area contributed by atoms with E-state index in [9.17, 15) is 19.2 Å². The summed E-state index contributed by atoms with van der Waals surface area (Å²) in [6.07, 6.45) is 1.65. The Hall–Kier alpha value is -2.72. The third-order valence-corrected chi connectivity index (χ3v) is 7.30. The van der Waals surface area contributed by atoms with Crippen molar-refractivity contribution in [3.05, 3.63) is 23.3 Å². The summed E-state index contributed by atoms with van der Waals surface area (Å²) in [4.78, 5) is 48.8. The SMILES string of the molecule is COCC1C(=O)OC2C1C(OC(C)=O)CC(C)=CCC(OC(C)=O)C(C)=CCC(OC(C)=O)C1(C)OC21. The molecule has 37 heavy (non-hydrogen) atoms. The van der Waals surface area contributed by atoms with E-state index in [1.165, 1.54) is 27.9 Å². The van der Waals surface area contributed by atoms with Gasteiger partial charge in [-0.25, -0.2) is 0 Å². The molecule has 0 bridgehead atoms. The second kappa shape index (κ2) is 11.8. The first kappa shape index (κ1) is 28.8. The van der Waals surface area contributed by atoms with E-state index in [0.29, 0.717) is 19.3 Å². The lowest BCUT2D eigenvalue weighted by molar-refractivity contribution is -0.152. The van der Waals surface area contributed by atoms with Gasteiger partial charge >= 0.3 is 23.9 Å². The van der Waals surface area contributed by atoms with E-state index in [1.807, 2.05) is 32.9 Å². The van der Waals surface area contributed by atoms with Gasteiger partial charge in [0.15, 0.2) is 0 Å². The molecule has 0 saturated carbocycles. The van der Waals surface area contributed by atoms with Crippen LogP contribution in [0.4, 0.5) is 0 Å². The fourth-order valence-corrected chi connectivity index (χ4v) is 5.40. The maximum atomic E-state index is 12.9. The fourth-order valence-electron chi connectivity index (χ4n) is 5.40. The highest BCUT2D eigenvalue weighted by atomic mass is 16.7. The van der Waals surface area contributed by atoms with Crippen LogP contribution in [0.5, 0.6) is 0 Å². The molecule has 0 aromatic heterocycles. The highest BCUT2D eigenvalue weighted by Gasteiger charge is 2.68. The number of methoxy groups -OCH3 is 1. The molecule has 0 amide bonds. The van der Waals surface area contributed by atoms with Crippen molar-refractivity contribution in [2.75, 3.05) is 13.7 Å². The minimum absolute atomic E-state index is 0.0911. The Morgan fingerprint density at radius 2 is 1.65 bits per heavy atom. The highest BCUT2D eigenvalue weighted by molar-refractivity contribution is 5.76. The lowest BCUT2D eigenvalue weighted by Crippen LogP contribution is -2.43. The topological polar surface area (TPSA) is 127 Å². The zero-order chi connectivity index (χ0) is 27.5. The normalized spacial score (nSPS) is 36.0. The van der Waals surface area contributed by atoms with Gasteiger partial charge in [-0.15, -0.1) is 0 Å². The molecule has 0 N–H and O–H groups in total. The first-order chi connectivity index (χ1) is 17.4. The average molecular weight is 523 g/mol. The van der Waals surface area contributed by atoms with Crippen molar-refractivity contribution in [3.8, 4) is 0 Å². The molecule has 3 aliphatic rings. The zero-order valence-electron chi connectivity index (χ0n) is 22.6. The standard InChI is InChI=1S/C27H38O10/c1-14-8-10-20(33-16(3)28)15(2)9-11-22(35-18(5)30)27(6)25(37-27)24-23(21(12-14)34-17(4)29)19(13-32-7)26(31)36-24/h8-9,19-25H,10-13H2,1-7H3. The van der Waals surface area contributed by atoms with E-state index >= 15 is 0 Å². The summed E-state index contributed by atoms with van der Waals surface area (Å²) < 4.78 is 34.2. The van der Waals surface area contributed by atoms with Crippen molar-refractivity contribution in [2.24, 2.45) is 11.8 Å². The van der Waals surface area contributed by atoms with Crippen molar-refractivity contribution in [3.63, 3.8) is 0 Å². The molecular weight excluding hydrogens is 484 g/mol. The summed E-state index contributed by atoms with van der Waals surface area (Å²) in [6.45, 7) is 9.65. The zero-order valence-corrected chi connectivity index (χ0v) is 22.6. The Bertz CT molecular complexity index is 968. The molecule has 8 unspecified atom stereocenters. The molecule has 2 aliphatic heterocycles. The molecule has 10 heteroatoms. The third kappa shape index (κ3) is 6.78. The number of rotatable bonds is 5. The molecule has 10 nitrogen and oxygen atoms in total. The van der Waals surface area contributed by atoms with Crippen LogP contribution in [0, 0.1) is 11.8 Å². The van der Waals surface area contributed by atoms with Crippen LogP contribution in [-0.2, 0) is 47.6 Å². The van der Waals surface area contributed by atoms with Gasteiger partial charge < -0.3 is 28.4 Å². The summed E-state index contributed by atoms with van der Waals surface area (Å²) in [7, 11) is 1.49. The summed E-state index contributed by atoms with van der Waals surface area (Å²) >= 11 is 0. The molecule has 3 rings (SSSR count). The minimum atomic E-state index is -0.944. The molecular formula is C27H38O10. The molecule has 2 fully saturated rings. The van der Waals surface area contributed by atoms with E-state index < -0.39 is 71.8 Å². The van der Waals surface area contributed by atoms with Crippen LogP contribution in [-0.4, -0.2) is 73.7 Å². The number of hydrogen-bond acceptors (Lipinski definition) is 10. The van der Waals surface area contributed by atoms with Crippen LogP contribution < -0.4 is 0 Å². The van der Waals surface area contributed by atoms with Crippen LogP contribution in [0.15, 0.2) is 23.3 Å². The van der Waals surface area contributed by atoms with E-state index in [4.69, 9.17) is 28.4 Å². The van der Waals surface area contributed by atoms with Crippen LogP contribution in [0.3, 0.4) is 0 Å². The molecule has 0 radical (unpaired) electrons. The summed E-state index contributed by atoms with van der Waals surface area (Å²) in [5.74, 6) is -3.04. The minimum Gasteiger partial charge on any atom is -0.462 e. The number of ether oxygens (including phenoxy) is 6. The molecule has 0 aromatic rings. The maximum absolute atomic E-state index is 12.9. The van der Waals surface area contributed by atoms with Gasteiger partial charge in [0.2, 0.25) is 0 Å². The predicted molar refractivity (Wildman–Crippen MR) is 130 cm³/mol. The molecule has 8 atom stereocenters. The molecule has 0 aromatic carbocycles. The van der Waals surface area contributed by atoms with Gasteiger partial charge in [-0.2, -0.15) is 0 Å². The molecule has 2 saturated heterocycles. The molecule has 0 spiro atoms. The lowest BCUT2D eigenvalue weighted by atomic mass is 9.79. The van der Waals surface area contributed by atoms with Gasteiger partial charge in [0.05, 0.1) is 18.4 Å². The van der Waals surface area contributed by atoms with Crippen molar-refractivity contribution < 1.29 is 47.6 Å². The van der Waals surface area contributed by atoms with Gasteiger partial charge in [-0.3, -0.25) is 19.2 Å². The predicted octanol–water partition coefficient (Wildman–Crippen LogP) is 2.82. The Kier molecular flexibility index (Phi) is 9.18. The van der Waals surface area contributed by atoms with Gasteiger partial charge in [0.25, 0.3) is 0 Å². The summed E-state index contributed by atoms with van der Waals surface area (Å²) in [5.41, 5.74) is 0.760. The Morgan fingerprint density at radius 3 is 2.24 bits per heavy atom. The maximum Gasteiger partial charge on any atom is 0.312 e. The van der Waals surface area contributed by atoms with Gasteiger partial charge in [-0.1, -0.05) is 17.7 Å². The number of fused-ring (bicyclic) bond motifs is 3. The van der Waals surface area contributed by atoms with Crippen LogP contribution in [0.2, 0.25) is 0 Å². The quantitative estimate of drug-likeness (QED) is 0.230. The van der Waals surface area contributed by atoms with E-state index in [2.05, 4.69) is 0 Å². The molecule has 206 valence electrons. The third-order valence-electron chi connectivity index (χ3n) is 7.30. The van der Waals surface area contributed by atoms with E-state index in [0.717, 1.165) is 11.1 Å². The van der Waals surface area contributed by atoms with Crippen LogP contribution in [0.25, 0.3) is 0 Å². The van der Waals surface area contributed by atoms with Crippen LogP contribution >= 0.6 is 0 Å². The van der Waals surface area contributed by atoms with Crippen molar-refractivity contribution in [2.45, 2.75) is 96.9 Å². The Morgan fingerprint density at radius 1 is 1.00 bits per heavy atom. The van der Waals surface area contributed by atoms with Crippen molar-refractivity contribution >= 4 is 23.9 Å². The highest BCUT2D eigenvalue weighted by Crippen LogP contribution is 2.51. The van der Waals surface area contributed by atoms with Gasteiger partial charge in [-0.05, 0) is 26.3 Å². The number of carbonyl (C=O) groups excluding carboxylic acids is 4. The average Bonchev–Trinajstić information content (AvgIpc) is 3.38. The van der Waals surface area contributed by atoms with E-state index in [-0.39, 0.29) is 6.61 Å². The van der Waals surface area contributed by atoms with E-state index in [1.54, 1.807) is 0 Å². The van der Waals surface area contributed by atoms with Crippen molar-refractivity contribution in [1.82, 2.24) is 0 Å². The van der Waals surface area contributed by atoms with Gasteiger partial charge in [0.1, 0.15) is 36.1 Å². The van der Waals surface area contributed by atoms with Crippen molar-refractivity contribution in [1.29, 1.82) is 0 Å². The summed E-state index contributed by atoms with van der Waals surface area (Å²) in [5, 5.41) is 0. The number of esters is 4. The number of carbonyl (C=O) groups is 4. The summed E-state index contributed by atoms with van der Waals surface area (Å²) in [6, 6.07) is 0. The number of epoxide rings is 1. The Balaban J connectivity index is 2.08. The number of hydrogen-bond donors (Lipinski definition) is 0. The second-order valence-electron chi connectivity index (χ2n) is 10.3. The van der Waals surface area contributed by atoms with Crippen LogP contribution in [0.1, 0.15) is 60.8 Å². The smallest absolute Gasteiger partial charge is 0.312 e. The monoisotopic (exact) mass is 522 g/mol. The second-order valence-corrected chi connectivity index (χ2v) is 10.3.